The van der Waals surface area contributed by atoms with Gasteiger partial charge in [0, 0.05) is 0 Å². The maximum atomic E-state index is 10.2. The first-order valence-corrected chi connectivity index (χ1v) is 13.3. The van der Waals surface area contributed by atoms with Crippen molar-refractivity contribution in [1.82, 2.24) is 0 Å². The molecular formula is C28H49NO3. The van der Waals surface area contributed by atoms with E-state index in [-0.39, 0.29) is 6.10 Å². The van der Waals surface area contributed by atoms with E-state index in [1.165, 1.54) is 57.8 Å². The molecule has 0 spiro atoms. The highest BCUT2D eigenvalue weighted by Crippen LogP contribution is 2.67. The SMILES string of the molecule is CC(C)CCC[C@@H](C)[C@H]1CC[C@H]2[C@@H]3CC=C4C[C@@H](O)CC[C@]4(C)[C@H]3CC[C@]12C.NC(=O)O. The molecule has 0 aromatic carbocycles. The largest absolute Gasteiger partial charge is 0.465 e. The molecule has 32 heavy (non-hydrogen) atoms. The average Bonchev–Trinajstić information content (AvgIpc) is 3.05. The summed E-state index contributed by atoms with van der Waals surface area (Å²) < 4.78 is 0. The normalized spacial score (nSPS) is 41.5. The molecule has 0 aromatic heterocycles. The predicted octanol–water partition coefficient (Wildman–Crippen LogP) is 7.01. The third-order valence-electron chi connectivity index (χ3n) is 10.3. The molecule has 4 nitrogen and oxygen atoms in total. The third kappa shape index (κ3) is 5.05. The van der Waals surface area contributed by atoms with Crippen LogP contribution in [0.2, 0.25) is 0 Å². The van der Waals surface area contributed by atoms with E-state index < -0.39 is 6.09 Å². The topological polar surface area (TPSA) is 83.5 Å². The number of aliphatic hydroxyl groups is 1. The van der Waals surface area contributed by atoms with E-state index in [4.69, 9.17) is 9.90 Å². The summed E-state index contributed by atoms with van der Waals surface area (Å²) in [6.07, 6.45) is 15.8. The molecule has 4 aliphatic carbocycles. The summed E-state index contributed by atoms with van der Waals surface area (Å²) in [4.78, 5) is 8.78. The second-order valence-electron chi connectivity index (χ2n) is 12.5. The minimum atomic E-state index is -1.33. The van der Waals surface area contributed by atoms with Crippen molar-refractivity contribution in [3.63, 3.8) is 0 Å². The number of carbonyl (C=O) groups is 1. The number of rotatable bonds is 5. The van der Waals surface area contributed by atoms with Crippen LogP contribution in [0.4, 0.5) is 4.79 Å². The minimum Gasteiger partial charge on any atom is -0.465 e. The van der Waals surface area contributed by atoms with Crippen LogP contribution in [0.3, 0.4) is 0 Å². The lowest BCUT2D eigenvalue weighted by Crippen LogP contribution is -2.50. The zero-order chi connectivity index (χ0) is 23.7. The van der Waals surface area contributed by atoms with Crippen LogP contribution in [-0.2, 0) is 0 Å². The van der Waals surface area contributed by atoms with Crippen LogP contribution in [0.1, 0.15) is 105 Å². The van der Waals surface area contributed by atoms with E-state index in [9.17, 15) is 5.11 Å². The van der Waals surface area contributed by atoms with Crippen molar-refractivity contribution in [2.75, 3.05) is 0 Å². The van der Waals surface area contributed by atoms with Crippen LogP contribution in [0.5, 0.6) is 0 Å². The first-order chi connectivity index (χ1) is 15.0. The van der Waals surface area contributed by atoms with Gasteiger partial charge in [-0.3, -0.25) is 0 Å². The van der Waals surface area contributed by atoms with Crippen LogP contribution in [0.15, 0.2) is 11.6 Å². The number of aliphatic hydroxyl groups excluding tert-OH is 1. The Balaban J connectivity index is 0.000000668. The van der Waals surface area contributed by atoms with Crippen LogP contribution in [-0.4, -0.2) is 22.4 Å². The van der Waals surface area contributed by atoms with Gasteiger partial charge in [0.1, 0.15) is 0 Å². The maximum Gasteiger partial charge on any atom is 0.402 e. The fraction of sp³-hybridized carbons (Fsp3) is 0.893. The van der Waals surface area contributed by atoms with Crippen molar-refractivity contribution >= 4 is 6.09 Å². The van der Waals surface area contributed by atoms with E-state index in [0.717, 1.165) is 48.3 Å². The average molecular weight is 448 g/mol. The molecule has 4 N–H and O–H groups in total. The lowest BCUT2D eigenvalue weighted by molar-refractivity contribution is -0.0573. The lowest BCUT2D eigenvalue weighted by atomic mass is 9.47. The predicted molar refractivity (Wildman–Crippen MR) is 131 cm³/mol. The number of amides is 1. The third-order valence-corrected chi connectivity index (χ3v) is 10.3. The van der Waals surface area contributed by atoms with Gasteiger partial charge in [0.2, 0.25) is 0 Å². The molecule has 0 unspecified atom stereocenters. The molecule has 0 saturated heterocycles. The quantitative estimate of drug-likeness (QED) is 0.396. The monoisotopic (exact) mass is 447 g/mol. The summed E-state index contributed by atoms with van der Waals surface area (Å²) in [5, 5.41) is 17.4. The molecule has 4 aliphatic rings. The lowest BCUT2D eigenvalue weighted by Gasteiger charge is -2.58. The highest BCUT2D eigenvalue weighted by atomic mass is 16.4. The minimum absolute atomic E-state index is 0.0766. The molecule has 0 heterocycles. The molecule has 4 rings (SSSR count). The smallest absolute Gasteiger partial charge is 0.402 e. The Kier molecular flexibility index (Phi) is 8.06. The number of fused-ring (bicyclic) bond motifs is 5. The second kappa shape index (κ2) is 10.1. The summed E-state index contributed by atoms with van der Waals surface area (Å²) in [7, 11) is 0. The number of nitrogens with two attached hydrogens (primary N) is 1. The molecule has 3 fully saturated rings. The van der Waals surface area contributed by atoms with Gasteiger partial charge in [-0.05, 0) is 97.7 Å². The molecule has 0 radical (unpaired) electrons. The van der Waals surface area contributed by atoms with Gasteiger partial charge in [0.25, 0.3) is 0 Å². The Bertz CT molecular complexity index is 684. The van der Waals surface area contributed by atoms with Gasteiger partial charge in [-0.1, -0.05) is 65.5 Å². The van der Waals surface area contributed by atoms with Gasteiger partial charge in [0.05, 0.1) is 6.10 Å². The Morgan fingerprint density at radius 3 is 2.44 bits per heavy atom. The van der Waals surface area contributed by atoms with Crippen molar-refractivity contribution < 1.29 is 15.0 Å². The maximum absolute atomic E-state index is 10.2. The fourth-order valence-corrected chi connectivity index (χ4v) is 8.67. The molecule has 0 bridgehead atoms. The second-order valence-corrected chi connectivity index (χ2v) is 12.5. The van der Waals surface area contributed by atoms with Gasteiger partial charge in [-0.25, -0.2) is 4.79 Å². The Hall–Kier alpha value is -1.03. The summed E-state index contributed by atoms with van der Waals surface area (Å²) in [5.41, 5.74) is 6.63. The molecule has 8 atom stereocenters. The fourth-order valence-electron chi connectivity index (χ4n) is 8.67. The van der Waals surface area contributed by atoms with Gasteiger partial charge in [-0.2, -0.15) is 0 Å². The molecular weight excluding hydrogens is 398 g/mol. The molecule has 0 aromatic rings. The van der Waals surface area contributed by atoms with Gasteiger partial charge in [-0.15, -0.1) is 0 Å². The van der Waals surface area contributed by atoms with Crippen LogP contribution >= 0.6 is 0 Å². The first-order valence-electron chi connectivity index (χ1n) is 13.3. The Morgan fingerprint density at radius 2 is 1.78 bits per heavy atom. The highest BCUT2D eigenvalue weighted by Gasteiger charge is 2.59. The standard InChI is InChI=1S/C27H46O.CH3NO2/c1-18(2)7-6-8-19(3)23-11-12-24-22-10-9-20-17-21(28)13-15-26(20,4)25(22)14-16-27(23,24)5;2-1(3)4/h9,18-19,21-25,28H,6-8,10-17H2,1-5H3;2H2,(H,3,4)/t19-,21+,22+,23-,24+,25+,26+,27-;/m1./s1. The summed E-state index contributed by atoms with van der Waals surface area (Å²) in [6, 6.07) is 0. The molecule has 184 valence electrons. The van der Waals surface area contributed by atoms with Crippen molar-refractivity contribution in [2.24, 2.45) is 52.1 Å². The molecule has 1 amide bonds. The number of hydrogen-bond donors (Lipinski definition) is 3. The van der Waals surface area contributed by atoms with E-state index in [1.54, 1.807) is 5.57 Å². The molecule has 3 saturated carbocycles. The number of hydrogen-bond acceptors (Lipinski definition) is 2. The van der Waals surface area contributed by atoms with Crippen molar-refractivity contribution in [3.05, 3.63) is 11.6 Å². The Labute approximate surface area is 196 Å². The van der Waals surface area contributed by atoms with E-state index >= 15 is 0 Å². The van der Waals surface area contributed by atoms with Crippen LogP contribution in [0, 0.1) is 46.3 Å². The van der Waals surface area contributed by atoms with E-state index in [1.807, 2.05) is 0 Å². The van der Waals surface area contributed by atoms with Crippen molar-refractivity contribution in [3.8, 4) is 0 Å². The molecule has 0 aliphatic heterocycles. The van der Waals surface area contributed by atoms with Crippen LogP contribution in [0.25, 0.3) is 0 Å². The van der Waals surface area contributed by atoms with Crippen molar-refractivity contribution in [2.45, 2.75) is 111 Å². The summed E-state index contributed by atoms with van der Waals surface area (Å²) >= 11 is 0. The highest BCUT2D eigenvalue weighted by molar-refractivity contribution is 5.61. The number of carboxylic acid groups (broad SMARTS) is 1. The van der Waals surface area contributed by atoms with Crippen molar-refractivity contribution in [1.29, 1.82) is 0 Å². The summed E-state index contributed by atoms with van der Waals surface area (Å²) in [6.45, 7) is 12.6. The number of primary amides is 1. The van der Waals surface area contributed by atoms with Crippen LogP contribution < -0.4 is 5.73 Å². The number of allylic oxidation sites excluding steroid dienone is 1. The van der Waals surface area contributed by atoms with E-state index in [0.29, 0.717) is 10.8 Å². The first kappa shape index (κ1) is 25.6. The van der Waals surface area contributed by atoms with E-state index in [2.05, 4.69) is 46.4 Å². The van der Waals surface area contributed by atoms with Gasteiger partial charge >= 0.3 is 6.09 Å². The zero-order valence-corrected chi connectivity index (χ0v) is 21.3. The van der Waals surface area contributed by atoms with Gasteiger partial charge in [0.15, 0.2) is 0 Å². The van der Waals surface area contributed by atoms with Gasteiger partial charge < -0.3 is 15.9 Å². The Morgan fingerprint density at radius 1 is 1.09 bits per heavy atom. The summed E-state index contributed by atoms with van der Waals surface area (Å²) in [5.74, 6) is 5.46. The zero-order valence-electron chi connectivity index (χ0n) is 21.3. The molecule has 4 heteroatoms.